The van der Waals surface area contributed by atoms with Crippen molar-refractivity contribution in [2.75, 3.05) is 11.1 Å². The molecule has 2 aromatic carbocycles. The summed E-state index contributed by atoms with van der Waals surface area (Å²) in [6.45, 7) is 4.01. The predicted octanol–water partition coefficient (Wildman–Crippen LogP) is 6.10. The van der Waals surface area contributed by atoms with Gasteiger partial charge in [0.2, 0.25) is 11.0 Å². The van der Waals surface area contributed by atoms with Gasteiger partial charge in [-0.05, 0) is 74.9 Å². The van der Waals surface area contributed by atoms with E-state index >= 15 is 0 Å². The molecular formula is C25H26N4OS2. The van der Waals surface area contributed by atoms with E-state index in [1.54, 1.807) is 27.8 Å². The maximum atomic E-state index is 12.6. The first-order valence-corrected chi connectivity index (χ1v) is 12.8. The predicted molar refractivity (Wildman–Crippen MR) is 133 cm³/mol. The molecule has 0 atom stereocenters. The van der Waals surface area contributed by atoms with Crippen LogP contribution >= 0.6 is 23.1 Å². The van der Waals surface area contributed by atoms with Gasteiger partial charge in [0.15, 0.2) is 0 Å². The van der Waals surface area contributed by atoms with E-state index in [1.165, 1.54) is 39.1 Å². The van der Waals surface area contributed by atoms with Crippen LogP contribution in [-0.2, 0) is 17.6 Å². The Labute approximate surface area is 196 Å². The lowest BCUT2D eigenvalue weighted by atomic mass is 9.92. The van der Waals surface area contributed by atoms with Crippen LogP contribution in [0, 0.1) is 13.8 Å². The highest BCUT2D eigenvalue weighted by atomic mass is 32.2. The Hall–Kier alpha value is -2.64. The number of anilines is 1. The van der Waals surface area contributed by atoms with Crippen molar-refractivity contribution in [3.63, 3.8) is 0 Å². The number of nitrogens with one attached hydrogen (secondary N) is 1. The Kier molecular flexibility index (Phi) is 6.02. The summed E-state index contributed by atoms with van der Waals surface area (Å²) in [5.41, 5.74) is 6.00. The molecule has 5 rings (SSSR count). The van der Waals surface area contributed by atoms with Gasteiger partial charge < -0.3 is 5.32 Å². The highest BCUT2D eigenvalue weighted by Gasteiger charge is 2.17. The Balaban J connectivity index is 1.30. The molecule has 164 valence electrons. The van der Waals surface area contributed by atoms with E-state index in [4.69, 9.17) is 4.98 Å². The number of aromatic nitrogens is 3. The fourth-order valence-electron chi connectivity index (χ4n) is 4.07. The van der Waals surface area contributed by atoms with E-state index in [-0.39, 0.29) is 5.91 Å². The third kappa shape index (κ3) is 4.59. The van der Waals surface area contributed by atoms with E-state index in [2.05, 4.69) is 53.7 Å². The third-order valence-corrected chi connectivity index (χ3v) is 7.75. The molecule has 0 unspecified atom stereocenters. The molecular weight excluding hydrogens is 436 g/mol. The number of carbonyl (C=O) groups is 1. The lowest BCUT2D eigenvalue weighted by molar-refractivity contribution is -0.115. The average Bonchev–Trinajstić information content (AvgIpc) is 3.35. The van der Waals surface area contributed by atoms with Gasteiger partial charge in [0, 0.05) is 23.1 Å². The Morgan fingerprint density at radius 3 is 2.62 bits per heavy atom. The van der Waals surface area contributed by atoms with Gasteiger partial charge in [-0.3, -0.25) is 4.79 Å². The SMILES string of the molecule is Cc1ccc(SCCC(=O)Nc2cc(C)nn2-c2nc3cc4c(cc3s2)CCCC4)cc1. The van der Waals surface area contributed by atoms with Crippen molar-refractivity contribution in [3.05, 3.63) is 64.8 Å². The molecule has 0 spiro atoms. The summed E-state index contributed by atoms with van der Waals surface area (Å²) < 4.78 is 2.95. The van der Waals surface area contributed by atoms with Gasteiger partial charge in [-0.25, -0.2) is 4.98 Å². The number of aryl methyl sites for hydroxylation is 4. The summed E-state index contributed by atoms with van der Waals surface area (Å²) in [4.78, 5) is 18.6. The lowest BCUT2D eigenvalue weighted by Crippen LogP contribution is -2.15. The minimum absolute atomic E-state index is 0.0117. The van der Waals surface area contributed by atoms with E-state index in [1.807, 2.05) is 13.0 Å². The Bertz CT molecular complexity index is 1230. The summed E-state index contributed by atoms with van der Waals surface area (Å²) in [5.74, 6) is 1.40. The Morgan fingerprint density at radius 2 is 1.84 bits per heavy atom. The van der Waals surface area contributed by atoms with E-state index in [0.717, 1.165) is 34.9 Å². The third-order valence-electron chi connectivity index (χ3n) is 5.74. The smallest absolute Gasteiger partial charge is 0.226 e. The zero-order valence-corrected chi connectivity index (χ0v) is 20.0. The molecule has 5 nitrogen and oxygen atoms in total. The van der Waals surface area contributed by atoms with Crippen LogP contribution in [0.25, 0.3) is 15.3 Å². The van der Waals surface area contributed by atoms with Crippen LogP contribution in [0.5, 0.6) is 0 Å². The highest BCUT2D eigenvalue weighted by Crippen LogP contribution is 2.32. The summed E-state index contributed by atoms with van der Waals surface area (Å²) in [7, 11) is 0. The fraction of sp³-hybridized carbons (Fsp3) is 0.320. The van der Waals surface area contributed by atoms with Crippen LogP contribution < -0.4 is 5.32 Å². The van der Waals surface area contributed by atoms with Crippen LogP contribution in [0.4, 0.5) is 5.82 Å². The number of benzene rings is 2. The van der Waals surface area contributed by atoms with Crippen molar-refractivity contribution in [1.82, 2.24) is 14.8 Å². The van der Waals surface area contributed by atoms with Crippen molar-refractivity contribution in [1.29, 1.82) is 0 Å². The molecule has 0 saturated heterocycles. The number of nitrogens with zero attached hydrogens (tertiary/aromatic N) is 3. The fourth-order valence-corrected chi connectivity index (χ4v) is 5.90. The summed E-state index contributed by atoms with van der Waals surface area (Å²) in [6, 6.07) is 14.8. The summed E-state index contributed by atoms with van der Waals surface area (Å²) in [6.07, 6.45) is 5.25. The number of thiazole rings is 1. The lowest BCUT2D eigenvalue weighted by Gasteiger charge is -2.14. The van der Waals surface area contributed by atoms with Gasteiger partial charge in [-0.15, -0.1) is 11.8 Å². The molecule has 32 heavy (non-hydrogen) atoms. The maximum absolute atomic E-state index is 12.6. The van der Waals surface area contributed by atoms with Crippen molar-refractivity contribution < 1.29 is 4.79 Å². The number of carbonyl (C=O) groups excluding carboxylic acids is 1. The second kappa shape index (κ2) is 9.08. The molecule has 0 fully saturated rings. The van der Waals surface area contributed by atoms with Gasteiger partial charge in [-0.1, -0.05) is 29.0 Å². The van der Waals surface area contributed by atoms with Crippen molar-refractivity contribution >= 4 is 45.0 Å². The zero-order valence-electron chi connectivity index (χ0n) is 18.4. The molecule has 0 saturated carbocycles. The molecule has 2 aromatic heterocycles. The topological polar surface area (TPSA) is 59.8 Å². The molecule has 0 aliphatic heterocycles. The minimum Gasteiger partial charge on any atom is -0.310 e. The van der Waals surface area contributed by atoms with Crippen LogP contribution in [0.2, 0.25) is 0 Å². The van der Waals surface area contributed by atoms with Crippen LogP contribution in [0.3, 0.4) is 0 Å². The maximum Gasteiger partial charge on any atom is 0.226 e. The molecule has 1 aliphatic carbocycles. The molecule has 2 heterocycles. The normalized spacial score (nSPS) is 13.3. The van der Waals surface area contributed by atoms with Gasteiger partial charge in [0.05, 0.1) is 15.9 Å². The minimum atomic E-state index is -0.0117. The molecule has 1 amide bonds. The average molecular weight is 463 g/mol. The van der Waals surface area contributed by atoms with E-state index in [0.29, 0.717) is 12.2 Å². The first-order chi connectivity index (χ1) is 15.5. The van der Waals surface area contributed by atoms with Crippen molar-refractivity contribution in [2.24, 2.45) is 0 Å². The monoisotopic (exact) mass is 462 g/mol. The summed E-state index contributed by atoms with van der Waals surface area (Å²) in [5, 5.41) is 8.44. The van der Waals surface area contributed by atoms with Gasteiger partial charge in [-0.2, -0.15) is 9.78 Å². The zero-order chi connectivity index (χ0) is 22.1. The quantitative estimate of drug-likeness (QED) is 0.352. The number of hydrogen-bond acceptors (Lipinski definition) is 5. The van der Waals surface area contributed by atoms with Crippen LogP contribution in [0.15, 0.2) is 47.4 Å². The van der Waals surface area contributed by atoms with Crippen molar-refractivity contribution in [3.8, 4) is 5.13 Å². The number of fused-ring (bicyclic) bond motifs is 2. The van der Waals surface area contributed by atoms with Crippen molar-refractivity contribution in [2.45, 2.75) is 50.8 Å². The second-order valence-corrected chi connectivity index (χ2v) is 10.5. The second-order valence-electron chi connectivity index (χ2n) is 8.33. The standard InChI is InChI=1S/C25H26N4OS2/c1-16-7-9-20(10-8-16)31-12-11-24(30)27-23-13-17(2)28-29(23)25-26-21-14-18-5-3-4-6-19(18)15-22(21)32-25/h7-10,13-15H,3-6,11-12H2,1-2H3,(H,27,30). The molecule has 7 heteroatoms. The van der Waals surface area contributed by atoms with Gasteiger partial charge in [0.1, 0.15) is 5.82 Å². The van der Waals surface area contributed by atoms with Crippen LogP contribution in [-0.4, -0.2) is 26.4 Å². The van der Waals surface area contributed by atoms with Gasteiger partial charge >= 0.3 is 0 Å². The molecule has 1 aliphatic rings. The van der Waals surface area contributed by atoms with Crippen LogP contribution in [0.1, 0.15) is 41.6 Å². The largest absolute Gasteiger partial charge is 0.310 e. The highest BCUT2D eigenvalue weighted by molar-refractivity contribution is 7.99. The molecule has 1 N–H and O–H groups in total. The van der Waals surface area contributed by atoms with Gasteiger partial charge in [0.25, 0.3) is 0 Å². The van der Waals surface area contributed by atoms with E-state index in [9.17, 15) is 4.79 Å². The Morgan fingerprint density at radius 1 is 1.09 bits per heavy atom. The first kappa shape index (κ1) is 21.2. The first-order valence-electron chi connectivity index (χ1n) is 11.0. The number of thioether (sulfide) groups is 1. The molecule has 4 aromatic rings. The molecule has 0 bridgehead atoms. The van der Waals surface area contributed by atoms with E-state index < -0.39 is 0 Å². The number of rotatable bonds is 6. The molecule has 0 radical (unpaired) electrons. The number of amides is 1. The summed E-state index contributed by atoms with van der Waals surface area (Å²) >= 11 is 3.32. The number of hydrogen-bond donors (Lipinski definition) is 1.